The predicted molar refractivity (Wildman–Crippen MR) is 101 cm³/mol. The number of hydrogen-bond acceptors (Lipinski definition) is 7. The van der Waals surface area contributed by atoms with Gasteiger partial charge in [0.1, 0.15) is 17.1 Å². The molecule has 0 spiro atoms. The number of esters is 1. The van der Waals surface area contributed by atoms with Gasteiger partial charge in [0.15, 0.2) is 11.5 Å². The highest BCUT2D eigenvalue weighted by Gasteiger charge is 2.23. The Hall–Kier alpha value is -3.07. The average molecular weight is 438 g/mol. The number of carbonyl (C=O) groups is 1. The minimum absolute atomic E-state index is 0.119. The summed E-state index contributed by atoms with van der Waals surface area (Å²) in [6.07, 6.45) is 2.09. The third-order valence-electron chi connectivity index (χ3n) is 3.47. The van der Waals surface area contributed by atoms with Crippen LogP contribution in [0.5, 0.6) is 23.0 Å². The normalized spacial score (nSPS) is 10.5. The predicted octanol–water partition coefficient (Wildman–Crippen LogP) is 3.94. The number of nitrogens with zero attached hydrogens (tertiary/aromatic N) is 1. The largest absolute Gasteiger partial charge is 0.496 e. The topological polar surface area (TPSA) is 97.1 Å². The Morgan fingerprint density at radius 3 is 2.19 bits per heavy atom. The summed E-state index contributed by atoms with van der Waals surface area (Å²) in [5.74, 6) is 0.208. The molecule has 2 aromatic rings. The molecule has 0 aromatic heterocycles. The van der Waals surface area contributed by atoms with E-state index in [4.69, 9.17) is 18.9 Å². The first kappa shape index (κ1) is 20.2. The van der Waals surface area contributed by atoms with E-state index >= 15 is 0 Å². The van der Waals surface area contributed by atoms with Crippen LogP contribution in [0.25, 0.3) is 6.08 Å². The number of methoxy groups -OCH3 is 3. The fourth-order valence-corrected chi connectivity index (χ4v) is 2.82. The molecule has 0 amide bonds. The van der Waals surface area contributed by atoms with Crippen LogP contribution in [0.2, 0.25) is 0 Å². The maximum absolute atomic E-state index is 12.7. The molecule has 0 saturated carbocycles. The number of ether oxygens (including phenoxy) is 4. The van der Waals surface area contributed by atoms with Crippen molar-refractivity contribution in [1.82, 2.24) is 0 Å². The van der Waals surface area contributed by atoms with Crippen molar-refractivity contribution >= 4 is 28.0 Å². The summed E-state index contributed by atoms with van der Waals surface area (Å²) >= 11 is 3.29. The number of rotatable bonds is 7. The monoisotopic (exact) mass is 437 g/mol. The lowest BCUT2D eigenvalue weighted by Gasteiger charge is -2.15. The highest BCUT2D eigenvalue weighted by Crippen LogP contribution is 2.39. The maximum atomic E-state index is 12.7. The average Bonchev–Trinajstić information content (AvgIpc) is 2.66. The van der Waals surface area contributed by atoms with Gasteiger partial charge in [0, 0.05) is 6.08 Å². The van der Waals surface area contributed by atoms with Gasteiger partial charge in [0.2, 0.25) is 6.20 Å². The van der Waals surface area contributed by atoms with Crippen LogP contribution >= 0.6 is 15.9 Å². The van der Waals surface area contributed by atoms with Crippen LogP contribution in [0.1, 0.15) is 15.9 Å². The van der Waals surface area contributed by atoms with Gasteiger partial charge < -0.3 is 18.9 Å². The first-order valence-corrected chi connectivity index (χ1v) is 8.33. The molecule has 0 unspecified atom stereocenters. The van der Waals surface area contributed by atoms with Crippen LogP contribution in [0.15, 0.2) is 41.0 Å². The van der Waals surface area contributed by atoms with Crippen molar-refractivity contribution in [1.29, 1.82) is 0 Å². The molecule has 0 fully saturated rings. The summed E-state index contributed by atoms with van der Waals surface area (Å²) in [6, 6.07) is 7.96. The second kappa shape index (κ2) is 9.04. The van der Waals surface area contributed by atoms with Gasteiger partial charge >= 0.3 is 5.97 Å². The van der Waals surface area contributed by atoms with E-state index in [2.05, 4.69) is 15.9 Å². The van der Waals surface area contributed by atoms with E-state index in [9.17, 15) is 14.9 Å². The van der Waals surface area contributed by atoms with Crippen molar-refractivity contribution in [2.45, 2.75) is 0 Å². The van der Waals surface area contributed by atoms with Crippen molar-refractivity contribution in [2.24, 2.45) is 0 Å². The van der Waals surface area contributed by atoms with Crippen LogP contribution < -0.4 is 18.9 Å². The Labute approximate surface area is 163 Å². The van der Waals surface area contributed by atoms with Crippen LogP contribution in [0.4, 0.5) is 0 Å². The van der Waals surface area contributed by atoms with Crippen molar-refractivity contribution in [2.75, 3.05) is 21.3 Å². The van der Waals surface area contributed by atoms with Crippen molar-refractivity contribution in [3.05, 3.63) is 62.2 Å². The Bertz CT molecular complexity index is 873. The minimum atomic E-state index is -0.711. The van der Waals surface area contributed by atoms with Crippen LogP contribution in [0, 0.1) is 10.1 Å². The van der Waals surface area contributed by atoms with Crippen molar-refractivity contribution in [3.8, 4) is 23.0 Å². The van der Waals surface area contributed by atoms with Gasteiger partial charge in [-0.2, -0.15) is 0 Å². The van der Waals surface area contributed by atoms with E-state index in [-0.39, 0.29) is 17.1 Å². The Morgan fingerprint density at radius 2 is 1.67 bits per heavy atom. The van der Waals surface area contributed by atoms with Gasteiger partial charge in [-0.15, -0.1) is 0 Å². The highest BCUT2D eigenvalue weighted by molar-refractivity contribution is 9.10. The van der Waals surface area contributed by atoms with Gasteiger partial charge in [0.05, 0.1) is 30.7 Å². The second-order valence-corrected chi connectivity index (χ2v) is 5.92. The lowest BCUT2D eigenvalue weighted by molar-refractivity contribution is -0.400. The molecule has 0 saturated heterocycles. The Morgan fingerprint density at radius 1 is 1.07 bits per heavy atom. The molecule has 0 aliphatic heterocycles. The van der Waals surface area contributed by atoms with Gasteiger partial charge in [-0.1, -0.05) is 6.07 Å². The van der Waals surface area contributed by atoms with E-state index in [1.54, 1.807) is 24.3 Å². The fourth-order valence-electron chi connectivity index (χ4n) is 2.28. The maximum Gasteiger partial charge on any atom is 0.351 e. The summed E-state index contributed by atoms with van der Waals surface area (Å²) < 4.78 is 21.5. The molecule has 2 aromatic carbocycles. The van der Waals surface area contributed by atoms with E-state index in [0.717, 1.165) is 6.20 Å². The molecule has 9 heteroatoms. The zero-order chi connectivity index (χ0) is 20.0. The third-order valence-corrected chi connectivity index (χ3v) is 4.06. The quantitative estimate of drug-likeness (QED) is 0.280. The number of halogens is 1. The molecule has 0 N–H and O–H groups in total. The minimum Gasteiger partial charge on any atom is -0.496 e. The van der Waals surface area contributed by atoms with Gasteiger partial charge in [-0.25, -0.2) is 4.79 Å². The molecule has 0 bridgehead atoms. The van der Waals surface area contributed by atoms with Gasteiger partial charge in [0.25, 0.3) is 0 Å². The summed E-state index contributed by atoms with van der Waals surface area (Å²) in [5.41, 5.74) is 0.610. The molecular weight excluding hydrogens is 422 g/mol. The van der Waals surface area contributed by atoms with E-state index in [1.807, 2.05) is 0 Å². The standard InChI is InChI=1S/C18H16BrNO7/c1-24-13-5-4-6-14(25-2)16(13)18(21)27-17-12(19)9-11(7-8-20(22)23)10-15(17)26-3/h4-10H,1-3H3. The molecule has 0 heterocycles. The molecular formula is C18H16BrNO7. The number of carbonyl (C=O) groups excluding carboxylic acids is 1. The lowest BCUT2D eigenvalue weighted by atomic mass is 10.1. The van der Waals surface area contributed by atoms with Crippen LogP contribution in [-0.2, 0) is 0 Å². The number of hydrogen-bond donors (Lipinski definition) is 0. The zero-order valence-corrected chi connectivity index (χ0v) is 16.3. The van der Waals surface area contributed by atoms with Crippen LogP contribution in [0.3, 0.4) is 0 Å². The molecule has 0 aliphatic rings. The molecule has 2 rings (SSSR count). The first-order chi connectivity index (χ1) is 12.9. The molecule has 8 nitrogen and oxygen atoms in total. The molecule has 0 atom stereocenters. The number of nitro groups is 1. The van der Waals surface area contributed by atoms with Crippen LogP contribution in [-0.4, -0.2) is 32.2 Å². The summed E-state index contributed by atoms with van der Waals surface area (Å²) in [4.78, 5) is 22.6. The summed E-state index contributed by atoms with van der Waals surface area (Å²) in [6.45, 7) is 0. The molecule has 0 radical (unpaired) electrons. The van der Waals surface area contributed by atoms with E-state index in [0.29, 0.717) is 21.5 Å². The Kier molecular flexibility index (Phi) is 6.78. The number of benzene rings is 2. The fraction of sp³-hybridized carbons (Fsp3) is 0.167. The van der Waals surface area contributed by atoms with Gasteiger partial charge in [-0.05, 0) is 45.8 Å². The SMILES string of the molecule is COc1cc(C=C[N+](=O)[O-])cc(Br)c1OC(=O)c1c(OC)cccc1OC. The highest BCUT2D eigenvalue weighted by atomic mass is 79.9. The summed E-state index contributed by atoms with van der Waals surface area (Å²) in [5, 5.41) is 10.5. The first-order valence-electron chi connectivity index (χ1n) is 7.53. The van der Waals surface area contributed by atoms with E-state index < -0.39 is 10.9 Å². The van der Waals surface area contributed by atoms with Gasteiger partial charge in [-0.3, -0.25) is 10.1 Å². The third kappa shape index (κ3) is 4.76. The molecule has 27 heavy (non-hydrogen) atoms. The smallest absolute Gasteiger partial charge is 0.351 e. The van der Waals surface area contributed by atoms with Crippen molar-refractivity contribution in [3.63, 3.8) is 0 Å². The molecule has 142 valence electrons. The Balaban J connectivity index is 2.43. The second-order valence-electron chi connectivity index (χ2n) is 5.06. The van der Waals surface area contributed by atoms with Crippen molar-refractivity contribution < 1.29 is 28.7 Å². The zero-order valence-electron chi connectivity index (χ0n) is 14.7. The van der Waals surface area contributed by atoms with E-state index in [1.165, 1.54) is 33.5 Å². The lowest BCUT2D eigenvalue weighted by Crippen LogP contribution is -2.13. The molecule has 0 aliphatic carbocycles. The summed E-state index contributed by atoms with van der Waals surface area (Å²) in [7, 11) is 4.25.